The molecule has 0 bridgehead atoms. The van der Waals surface area contributed by atoms with Gasteiger partial charge >= 0.3 is 5.97 Å². The number of carbonyl (C=O) groups excluding carboxylic acids is 1. The molecule has 0 aliphatic carbocycles. The number of hydrogen-bond acceptors (Lipinski definition) is 3. The molecule has 2 aromatic rings. The summed E-state index contributed by atoms with van der Waals surface area (Å²) in [5, 5.41) is 11.7. The molecule has 0 aliphatic rings. The minimum absolute atomic E-state index is 0.0119. The molecule has 2 rings (SSSR count). The van der Waals surface area contributed by atoms with Gasteiger partial charge in [-0.15, -0.1) is 0 Å². The second kappa shape index (κ2) is 5.49. The number of nitrogens with one attached hydrogen (secondary N) is 1. The Morgan fingerprint density at radius 2 is 1.84 bits per heavy atom. The van der Waals surface area contributed by atoms with Gasteiger partial charge in [-0.1, -0.05) is 29.8 Å². The molecule has 5 nitrogen and oxygen atoms in total. The Balaban J connectivity index is 2.27. The molecule has 0 atom stereocenters. The van der Waals surface area contributed by atoms with Gasteiger partial charge in [0.1, 0.15) is 10.8 Å². The lowest BCUT2D eigenvalue weighted by Gasteiger charge is -2.07. The first kappa shape index (κ1) is 13.0. The average molecular weight is 277 g/mol. The van der Waals surface area contributed by atoms with Gasteiger partial charge in [-0.3, -0.25) is 4.79 Å². The number of para-hydroxylation sites is 1. The van der Waals surface area contributed by atoms with Crippen LogP contribution in [0.3, 0.4) is 0 Å². The quantitative estimate of drug-likeness (QED) is 0.845. The first-order valence-electron chi connectivity index (χ1n) is 5.34. The van der Waals surface area contributed by atoms with Crippen molar-refractivity contribution in [1.82, 2.24) is 4.98 Å². The van der Waals surface area contributed by atoms with Gasteiger partial charge in [0.15, 0.2) is 0 Å². The monoisotopic (exact) mass is 276 g/mol. The molecule has 0 radical (unpaired) electrons. The molecule has 96 valence electrons. The summed E-state index contributed by atoms with van der Waals surface area (Å²) in [5.74, 6) is -1.63. The summed E-state index contributed by atoms with van der Waals surface area (Å²) in [6, 6.07) is 10.8. The fourth-order valence-electron chi connectivity index (χ4n) is 1.50. The average Bonchev–Trinajstić information content (AvgIpc) is 2.39. The van der Waals surface area contributed by atoms with Gasteiger partial charge in [0.2, 0.25) is 0 Å². The van der Waals surface area contributed by atoms with E-state index in [0.29, 0.717) is 0 Å². The standard InChI is InChI=1S/C13H9ClN2O3/c14-11-7-3-6-10(15-11)12(17)16-9-5-2-1-4-8(9)13(18)19/h1-7H,(H,16,17)(H,18,19). The lowest BCUT2D eigenvalue weighted by atomic mass is 10.1. The van der Waals surface area contributed by atoms with Crippen molar-refractivity contribution >= 4 is 29.2 Å². The van der Waals surface area contributed by atoms with Crippen LogP contribution >= 0.6 is 11.6 Å². The van der Waals surface area contributed by atoms with E-state index < -0.39 is 11.9 Å². The van der Waals surface area contributed by atoms with Gasteiger partial charge < -0.3 is 10.4 Å². The number of carboxylic acids is 1. The van der Waals surface area contributed by atoms with Crippen molar-refractivity contribution in [2.24, 2.45) is 0 Å². The topological polar surface area (TPSA) is 79.3 Å². The number of carboxylic acid groups (broad SMARTS) is 1. The number of anilines is 1. The minimum atomic E-state index is -1.12. The van der Waals surface area contributed by atoms with E-state index in [1.807, 2.05) is 0 Å². The van der Waals surface area contributed by atoms with Crippen LogP contribution in [0.1, 0.15) is 20.8 Å². The van der Waals surface area contributed by atoms with Crippen molar-refractivity contribution in [3.05, 3.63) is 58.9 Å². The molecule has 0 fully saturated rings. The molecule has 6 heteroatoms. The van der Waals surface area contributed by atoms with E-state index in [2.05, 4.69) is 10.3 Å². The number of aromatic carboxylic acids is 1. The fraction of sp³-hybridized carbons (Fsp3) is 0. The zero-order chi connectivity index (χ0) is 13.8. The largest absolute Gasteiger partial charge is 0.478 e. The molecule has 0 saturated heterocycles. The molecule has 0 aliphatic heterocycles. The fourth-order valence-corrected chi connectivity index (χ4v) is 1.66. The van der Waals surface area contributed by atoms with E-state index in [1.165, 1.54) is 18.2 Å². The van der Waals surface area contributed by atoms with Crippen LogP contribution in [0.2, 0.25) is 5.15 Å². The van der Waals surface area contributed by atoms with Gasteiger partial charge in [0.05, 0.1) is 11.3 Å². The van der Waals surface area contributed by atoms with Crippen molar-refractivity contribution in [1.29, 1.82) is 0 Å². The number of pyridine rings is 1. The Labute approximate surface area is 113 Å². The first-order valence-corrected chi connectivity index (χ1v) is 5.72. The first-order chi connectivity index (χ1) is 9.08. The van der Waals surface area contributed by atoms with Gasteiger partial charge in [-0.2, -0.15) is 0 Å². The third-order valence-electron chi connectivity index (χ3n) is 2.35. The van der Waals surface area contributed by atoms with Gasteiger partial charge in [-0.05, 0) is 24.3 Å². The number of benzene rings is 1. The Bertz CT molecular complexity index is 643. The molecule has 19 heavy (non-hydrogen) atoms. The molecule has 1 heterocycles. The van der Waals surface area contributed by atoms with Crippen molar-refractivity contribution < 1.29 is 14.7 Å². The van der Waals surface area contributed by atoms with E-state index >= 15 is 0 Å². The number of hydrogen-bond donors (Lipinski definition) is 2. The third-order valence-corrected chi connectivity index (χ3v) is 2.56. The second-order valence-electron chi connectivity index (χ2n) is 3.65. The van der Waals surface area contributed by atoms with Gasteiger partial charge in [0.25, 0.3) is 5.91 Å². The number of nitrogens with zero attached hydrogens (tertiary/aromatic N) is 1. The smallest absolute Gasteiger partial charge is 0.337 e. The van der Waals surface area contributed by atoms with Crippen LogP contribution < -0.4 is 5.32 Å². The molecule has 1 aromatic carbocycles. The normalized spacial score (nSPS) is 9.95. The number of halogens is 1. The molecule has 0 spiro atoms. The predicted octanol–water partition coefficient (Wildman–Crippen LogP) is 2.69. The van der Waals surface area contributed by atoms with Crippen LogP contribution in [0.4, 0.5) is 5.69 Å². The Kier molecular flexibility index (Phi) is 3.77. The molecular formula is C13H9ClN2O3. The Morgan fingerprint density at radius 1 is 1.11 bits per heavy atom. The highest BCUT2D eigenvalue weighted by Gasteiger charge is 2.13. The van der Waals surface area contributed by atoms with E-state index in [4.69, 9.17) is 16.7 Å². The molecule has 0 unspecified atom stereocenters. The molecule has 1 aromatic heterocycles. The lowest BCUT2D eigenvalue weighted by molar-refractivity contribution is 0.0698. The summed E-state index contributed by atoms with van der Waals surface area (Å²) in [7, 11) is 0. The number of rotatable bonds is 3. The SMILES string of the molecule is O=C(Nc1ccccc1C(=O)O)c1cccc(Cl)n1. The third kappa shape index (κ3) is 3.08. The second-order valence-corrected chi connectivity index (χ2v) is 4.04. The summed E-state index contributed by atoms with van der Waals surface area (Å²) >= 11 is 5.69. The Hall–Kier alpha value is -2.40. The number of amides is 1. The summed E-state index contributed by atoms with van der Waals surface area (Å²) in [6.45, 7) is 0. The van der Waals surface area contributed by atoms with Crippen LogP contribution in [0.5, 0.6) is 0 Å². The lowest BCUT2D eigenvalue weighted by Crippen LogP contribution is -2.16. The number of aromatic nitrogens is 1. The zero-order valence-corrected chi connectivity index (χ0v) is 10.4. The van der Waals surface area contributed by atoms with Crippen molar-refractivity contribution in [2.75, 3.05) is 5.32 Å². The van der Waals surface area contributed by atoms with Crippen molar-refractivity contribution in [3.63, 3.8) is 0 Å². The molecule has 0 saturated carbocycles. The highest BCUT2D eigenvalue weighted by molar-refractivity contribution is 6.29. The summed E-state index contributed by atoms with van der Waals surface area (Å²) in [5.41, 5.74) is 0.340. The minimum Gasteiger partial charge on any atom is -0.478 e. The Morgan fingerprint density at radius 3 is 2.53 bits per heavy atom. The van der Waals surface area contributed by atoms with Crippen LogP contribution in [0.15, 0.2) is 42.5 Å². The van der Waals surface area contributed by atoms with E-state index in [0.717, 1.165) is 0 Å². The van der Waals surface area contributed by atoms with E-state index in [-0.39, 0.29) is 22.1 Å². The van der Waals surface area contributed by atoms with Crippen LogP contribution in [-0.4, -0.2) is 22.0 Å². The van der Waals surface area contributed by atoms with Gasteiger partial charge in [-0.25, -0.2) is 9.78 Å². The number of carbonyl (C=O) groups is 2. The highest BCUT2D eigenvalue weighted by Crippen LogP contribution is 2.16. The summed E-state index contributed by atoms with van der Waals surface area (Å²) in [4.78, 5) is 26.8. The van der Waals surface area contributed by atoms with Gasteiger partial charge in [0, 0.05) is 0 Å². The molecule has 1 amide bonds. The van der Waals surface area contributed by atoms with Crippen LogP contribution in [0, 0.1) is 0 Å². The van der Waals surface area contributed by atoms with E-state index in [1.54, 1.807) is 24.3 Å². The van der Waals surface area contributed by atoms with Crippen LogP contribution in [-0.2, 0) is 0 Å². The van der Waals surface area contributed by atoms with E-state index in [9.17, 15) is 9.59 Å². The predicted molar refractivity (Wildman–Crippen MR) is 70.6 cm³/mol. The summed E-state index contributed by atoms with van der Waals surface area (Å²) < 4.78 is 0. The maximum atomic E-state index is 11.9. The summed E-state index contributed by atoms with van der Waals surface area (Å²) in [6.07, 6.45) is 0. The molecular weight excluding hydrogens is 268 g/mol. The molecule has 2 N–H and O–H groups in total. The highest BCUT2D eigenvalue weighted by atomic mass is 35.5. The van der Waals surface area contributed by atoms with Crippen molar-refractivity contribution in [3.8, 4) is 0 Å². The maximum absolute atomic E-state index is 11.9. The maximum Gasteiger partial charge on any atom is 0.337 e. The van der Waals surface area contributed by atoms with Crippen molar-refractivity contribution in [2.45, 2.75) is 0 Å². The van der Waals surface area contributed by atoms with Crippen LogP contribution in [0.25, 0.3) is 0 Å². The zero-order valence-electron chi connectivity index (χ0n) is 9.63.